The summed E-state index contributed by atoms with van der Waals surface area (Å²) >= 11 is 0. The van der Waals surface area contributed by atoms with Crippen molar-refractivity contribution in [2.24, 2.45) is 0 Å². The number of hydrogen-bond donors (Lipinski definition) is 1. The van der Waals surface area contributed by atoms with E-state index in [4.69, 9.17) is 4.74 Å². The number of nitrogens with one attached hydrogen (secondary N) is 1. The van der Waals surface area contributed by atoms with Crippen molar-refractivity contribution in [2.45, 2.75) is 25.9 Å². The SMILES string of the molecule is CCCNC(=O)CC1Oc2ccccc2N(C)C1=O. The second kappa shape index (κ2) is 5.73. The average molecular weight is 262 g/mol. The molecule has 19 heavy (non-hydrogen) atoms. The smallest absolute Gasteiger partial charge is 0.268 e. The zero-order valence-electron chi connectivity index (χ0n) is 11.2. The van der Waals surface area contributed by atoms with Crippen LogP contribution in [0.25, 0.3) is 0 Å². The van der Waals surface area contributed by atoms with Crippen LogP contribution >= 0.6 is 0 Å². The number of anilines is 1. The Morgan fingerprint density at radius 1 is 1.42 bits per heavy atom. The Kier molecular flexibility index (Phi) is 4.04. The molecular formula is C14H18N2O3. The standard InChI is InChI=1S/C14H18N2O3/c1-3-8-15-13(17)9-12-14(18)16(2)10-6-4-5-7-11(10)19-12/h4-7,12H,3,8-9H2,1-2H3,(H,15,17). The van der Waals surface area contributed by atoms with Crippen molar-refractivity contribution in [3.05, 3.63) is 24.3 Å². The van der Waals surface area contributed by atoms with E-state index in [1.54, 1.807) is 13.1 Å². The first-order valence-corrected chi connectivity index (χ1v) is 6.43. The van der Waals surface area contributed by atoms with Crippen LogP contribution in [-0.4, -0.2) is 31.5 Å². The highest BCUT2D eigenvalue weighted by Gasteiger charge is 2.33. The maximum atomic E-state index is 12.1. The second-order valence-electron chi connectivity index (χ2n) is 4.53. The lowest BCUT2D eigenvalue weighted by atomic mass is 10.1. The maximum absolute atomic E-state index is 12.1. The van der Waals surface area contributed by atoms with Crippen molar-refractivity contribution in [3.8, 4) is 5.75 Å². The van der Waals surface area contributed by atoms with Gasteiger partial charge in [-0.3, -0.25) is 9.59 Å². The van der Waals surface area contributed by atoms with Gasteiger partial charge >= 0.3 is 0 Å². The van der Waals surface area contributed by atoms with Crippen molar-refractivity contribution in [1.29, 1.82) is 0 Å². The molecule has 1 heterocycles. The first-order valence-electron chi connectivity index (χ1n) is 6.43. The highest BCUT2D eigenvalue weighted by Crippen LogP contribution is 2.33. The van der Waals surface area contributed by atoms with Crippen LogP contribution in [0.15, 0.2) is 24.3 Å². The summed E-state index contributed by atoms with van der Waals surface area (Å²) in [5.74, 6) is 0.288. The van der Waals surface area contributed by atoms with Gasteiger partial charge in [-0.2, -0.15) is 0 Å². The van der Waals surface area contributed by atoms with Crippen LogP contribution in [0.1, 0.15) is 19.8 Å². The Morgan fingerprint density at radius 3 is 2.89 bits per heavy atom. The molecule has 1 aromatic carbocycles. The normalized spacial score (nSPS) is 17.7. The lowest BCUT2D eigenvalue weighted by Crippen LogP contribution is -2.46. The summed E-state index contributed by atoms with van der Waals surface area (Å²) in [5, 5.41) is 2.75. The van der Waals surface area contributed by atoms with E-state index in [1.807, 2.05) is 25.1 Å². The molecular weight excluding hydrogens is 244 g/mol. The van der Waals surface area contributed by atoms with Crippen LogP contribution in [0.4, 0.5) is 5.69 Å². The van der Waals surface area contributed by atoms with Crippen molar-refractivity contribution in [3.63, 3.8) is 0 Å². The van der Waals surface area contributed by atoms with Gasteiger partial charge in [0.2, 0.25) is 5.91 Å². The van der Waals surface area contributed by atoms with E-state index in [0.29, 0.717) is 12.3 Å². The predicted molar refractivity (Wildman–Crippen MR) is 72.2 cm³/mol. The van der Waals surface area contributed by atoms with E-state index in [0.717, 1.165) is 12.1 Å². The van der Waals surface area contributed by atoms with Crippen LogP contribution in [0.3, 0.4) is 0 Å². The fourth-order valence-electron chi connectivity index (χ4n) is 2.01. The average Bonchev–Trinajstić information content (AvgIpc) is 2.42. The summed E-state index contributed by atoms with van der Waals surface area (Å²) in [6, 6.07) is 7.31. The zero-order valence-corrected chi connectivity index (χ0v) is 11.2. The minimum Gasteiger partial charge on any atom is -0.478 e. The number of carbonyl (C=O) groups is 2. The largest absolute Gasteiger partial charge is 0.478 e. The van der Waals surface area contributed by atoms with Crippen molar-refractivity contribution < 1.29 is 14.3 Å². The highest BCUT2D eigenvalue weighted by atomic mass is 16.5. The summed E-state index contributed by atoms with van der Waals surface area (Å²) in [6.07, 6.45) is 0.183. The maximum Gasteiger partial charge on any atom is 0.268 e. The first kappa shape index (κ1) is 13.4. The fraction of sp³-hybridized carbons (Fsp3) is 0.429. The number of hydrogen-bond acceptors (Lipinski definition) is 3. The molecule has 0 aliphatic carbocycles. The number of para-hydroxylation sites is 2. The molecule has 1 unspecified atom stereocenters. The van der Waals surface area contributed by atoms with Crippen LogP contribution < -0.4 is 15.0 Å². The van der Waals surface area contributed by atoms with Gasteiger partial charge in [-0.1, -0.05) is 19.1 Å². The first-order chi connectivity index (χ1) is 9.13. The Morgan fingerprint density at radius 2 is 2.16 bits per heavy atom. The van der Waals surface area contributed by atoms with Gasteiger partial charge in [0.05, 0.1) is 12.1 Å². The van der Waals surface area contributed by atoms with Crippen molar-refractivity contribution in [1.82, 2.24) is 5.32 Å². The van der Waals surface area contributed by atoms with Gasteiger partial charge in [0.15, 0.2) is 6.10 Å². The lowest BCUT2D eigenvalue weighted by Gasteiger charge is -2.31. The van der Waals surface area contributed by atoms with Crippen molar-refractivity contribution in [2.75, 3.05) is 18.5 Å². The van der Waals surface area contributed by atoms with E-state index in [2.05, 4.69) is 5.32 Å². The van der Waals surface area contributed by atoms with Gasteiger partial charge < -0.3 is 15.0 Å². The summed E-state index contributed by atoms with van der Waals surface area (Å²) < 4.78 is 5.61. The van der Waals surface area contributed by atoms with Crippen molar-refractivity contribution >= 4 is 17.5 Å². The van der Waals surface area contributed by atoms with E-state index in [-0.39, 0.29) is 18.2 Å². The molecule has 2 amide bonds. The van der Waals surface area contributed by atoms with Gasteiger partial charge in [0, 0.05) is 13.6 Å². The third kappa shape index (κ3) is 2.86. The molecule has 5 nitrogen and oxygen atoms in total. The summed E-state index contributed by atoms with van der Waals surface area (Å²) in [6.45, 7) is 2.60. The van der Waals surface area contributed by atoms with Crippen LogP contribution in [-0.2, 0) is 9.59 Å². The topological polar surface area (TPSA) is 58.6 Å². The molecule has 1 N–H and O–H groups in total. The van der Waals surface area contributed by atoms with E-state index < -0.39 is 6.10 Å². The highest BCUT2D eigenvalue weighted by molar-refractivity contribution is 6.01. The Balaban J connectivity index is 2.08. The third-order valence-corrected chi connectivity index (χ3v) is 3.04. The van der Waals surface area contributed by atoms with Gasteiger partial charge in [-0.05, 0) is 18.6 Å². The molecule has 0 saturated heterocycles. The van der Waals surface area contributed by atoms with E-state index in [9.17, 15) is 9.59 Å². The van der Waals surface area contributed by atoms with Crippen LogP contribution in [0, 0.1) is 0 Å². The van der Waals surface area contributed by atoms with Crippen LogP contribution in [0.5, 0.6) is 5.75 Å². The molecule has 1 atom stereocenters. The van der Waals surface area contributed by atoms with Gasteiger partial charge in [0.25, 0.3) is 5.91 Å². The number of carbonyl (C=O) groups excluding carboxylic acids is 2. The number of rotatable bonds is 4. The molecule has 102 valence electrons. The van der Waals surface area contributed by atoms with Crippen LogP contribution in [0.2, 0.25) is 0 Å². The molecule has 0 bridgehead atoms. The molecule has 0 fully saturated rings. The minimum absolute atomic E-state index is 0.0531. The molecule has 0 spiro atoms. The Bertz CT molecular complexity index is 487. The summed E-state index contributed by atoms with van der Waals surface area (Å²) in [4.78, 5) is 25.3. The quantitative estimate of drug-likeness (QED) is 0.890. The lowest BCUT2D eigenvalue weighted by molar-refractivity contribution is -0.132. The molecule has 0 saturated carbocycles. The van der Waals surface area contributed by atoms with Gasteiger partial charge in [-0.25, -0.2) is 0 Å². The molecule has 1 aliphatic heterocycles. The second-order valence-corrected chi connectivity index (χ2v) is 4.53. The molecule has 0 radical (unpaired) electrons. The van der Waals surface area contributed by atoms with E-state index >= 15 is 0 Å². The number of ether oxygens (including phenoxy) is 1. The van der Waals surface area contributed by atoms with Gasteiger partial charge in [-0.15, -0.1) is 0 Å². The third-order valence-electron chi connectivity index (χ3n) is 3.04. The zero-order chi connectivity index (χ0) is 13.8. The molecule has 0 aromatic heterocycles. The number of nitrogens with zero attached hydrogens (tertiary/aromatic N) is 1. The number of benzene rings is 1. The number of likely N-dealkylation sites (N-methyl/N-ethyl adjacent to an activating group) is 1. The minimum atomic E-state index is -0.739. The number of amides is 2. The number of fused-ring (bicyclic) bond motifs is 1. The predicted octanol–water partition coefficient (Wildman–Crippen LogP) is 1.33. The Labute approximate surface area is 112 Å². The summed E-state index contributed by atoms with van der Waals surface area (Å²) in [5.41, 5.74) is 0.734. The molecule has 5 heteroatoms. The molecule has 1 aromatic rings. The summed E-state index contributed by atoms with van der Waals surface area (Å²) in [7, 11) is 1.70. The molecule has 1 aliphatic rings. The van der Waals surface area contributed by atoms with Gasteiger partial charge in [0.1, 0.15) is 5.75 Å². The Hall–Kier alpha value is -2.04. The van der Waals surface area contributed by atoms with E-state index in [1.165, 1.54) is 4.90 Å². The fourth-order valence-corrected chi connectivity index (χ4v) is 2.01. The molecule has 2 rings (SSSR count). The monoisotopic (exact) mass is 262 g/mol.